The molecule has 2 unspecified atom stereocenters. The molecule has 0 aliphatic heterocycles. The van der Waals surface area contributed by atoms with E-state index in [-0.39, 0.29) is 11.2 Å². The van der Waals surface area contributed by atoms with E-state index in [0.29, 0.717) is 10.8 Å². The van der Waals surface area contributed by atoms with E-state index in [2.05, 4.69) is 18.2 Å². The zero-order valence-corrected chi connectivity index (χ0v) is 14.1. The zero-order chi connectivity index (χ0) is 16.9. The summed E-state index contributed by atoms with van der Waals surface area (Å²) < 4.78 is 36.2. The average molecular weight is 340 g/mol. The Labute approximate surface area is 141 Å². The van der Waals surface area contributed by atoms with Gasteiger partial charge < -0.3 is 0 Å². The van der Waals surface area contributed by atoms with Gasteiger partial charge in [-0.05, 0) is 53.3 Å². The first-order valence-electron chi connectivity index (χ1n) is 7.85. The predicted molar refractivity (Wildman–Crippen MR) is 92.9 cm³/mol. The van der Waals surface area contributed by atoms with Crippen molar-refractivity contribution in [2.45, 2.75) is 17.2 Å². The monoisotopic (exact) mass is 340 g/mol. The van der Waals surface area contributed by atoms with Crippen LogP contribution in [0.15, 0.2) is 71.7 Å². The number of allylic oxidation sites excluding steroid dienone is 4. The maximum atomic E-state index is 13.1. The van der Waals surface area contributed by atoms with Crippen LogP contribution in [0.5, 0.6) is 0 Å². The molecule has 1 saturated carbocycles. The van der Waals surface area contributed by atoms with E-state index >= 15 is 0 Å². The van der Waals surface area contributed by atoms with Gasteiger partial charge >= 0.3 is 0 Å². The SMILES string of the molecule is CS(=O)(=O)c1ccc(C2=CC3(C=C2)CC3c2ccc(F)cc2)cc1. The molecule has 2 aliphatic rings. The van der Waals surface area contributed by atoms with Crippen LogP contribution in [0.2, 0.25) is 0 Å². The molecule has 4 heteroatoms. The molecule has 2 atom stereocenters. The average Bonchev–Trinajstić information content (AvgIpc) is 3.07. The molecule has 0 N–H and O–H groups in total. The van der Waals surface area contributed by atoms with Crippen LogP contribution in [0.3, 0.4) is 0 Å². The number of halogens is 1. The minimum absolute atomic E-state index is 0.0304. The summed E-state index contributed by atoms with van der Waals surface area (Å²) in [7, 11) is -3.17. The highest BCUT2D eigenvalue weighted by Crippen LogP contribution is 2.64. The molecule has 2 aliphatic carbocycles. The lowest BCUT2D eigenvalue weighted by molar-refractivity contribution is 0.602. The molecule has 0 heterocycles. The van der Waals surface area contributed by atoms with Gasteiger partial charge in [0.25, 0.3) is 0 Å². The molecule has 2 aromatic rings. The fourth-order valence-electron chi connectivity index (χ4n) is 3.47. The van der Waals surface area contributed by atoms with E-state index in [1.54, 1.807) is 12.1 Å². The Balaban J connectivity index is 1.58. The number of sulfone groups is 1. The highest BCUT2D eigenvalue weighted by atomic mass is 32.2. The second-order valence-corrected chi connectivity index (χ2v) is 8.67. The van der Waals surface area contributed by atoms with E-state index in [0.717, 1.165) is 23.1 Å². The fourth-order valence-corrected chi connectivity index (χ4v) is 4.10. The van der Waals surface area contributed by atoms with E-state index < -0.39 is 9.84 Å². The van der Waals surface area contributed by atoms with Crippen molar-refractivity contribution in [3.63, 3.8) is 0 Å². The molecule has 4 rings (SSSR count). The number of benzene rings is 2. The van der Waals surface area contributed by atoms with Crippen molar-refractivity contribution in [2.75, 3.05) is 6.26 Å². The van der Waals surface area contributed by atoms with Gasteiger partial charge in [0, 0.05) is 11.7 Å². The second-order valence-electron chi connectivity index (χ2n) is 6.65. The summed E-state index contributed by atoms with van der Waals surface area (Å²) in [5.74, 6) is 0.180. The summed E-state index contributed by atoms with van der Waals surface area (Å²) in [6.45, 7) is 0. The largest absolute Gasteiger partial charge is 0.224 e. The van der Waals surface area contributed by atoms with Crippen LogP contribution in [0.25, 0.3) is 5.57 Å². The zero-order valence-electron chi connectivity index (χ0n) is 13.2. The van der Waals surface area contributed by atoms with Gasteiger partial charge in [-0.2, -0.15) is 0 Å². The Hall–Kier alpha value is -2.20. The van der Waals surface area contributed by atoms with E-state index in [4.69, 9.17) is 0 Å². The van der Waals surface area contributed by atoms with Gasteiger partial charge in [0.15, 0.2) is 9.84 Å². The molecule has 2 nitrogen and oxygen atoms in total. The van der Waals surface area contributed by atoms with Crippen LogP contribution < -0.4 is 0 Å². The number of hydrogen-bond acceptors (Lipinski definition) is 2. The van der Waals surface area contributed by atoms with Gasteiger partial charge in [-0.25, -0.2) is 12.8 Å². The molecule has 1 fully saturated rings. The van der Waals surface area contributed by atoms with Gasteiger partial charge in [-0.1, -0.05) is 42.5 Å². The van der Waals surface area contributed by atoms with Crippen LogP contribution >= 0.6 is 0 Å². The minimum atomic E-state index is -3.17. The summed E-state index contributed by atoms with van der Waals surface area (Å²) in [5, 5.41) is 0. The molecule has 0 aromatic heterocycles. The Morgan fingerprint density at radius 2 is 1.71 bits per heavy atom. The molecule has 0 amide bonds. The Morgan fingerprint density at radius 3 is 2.33 bits per heavy atom. The molecule has 0 saturated heterocycles. The van der Waals surface area contributed by atoms with Gasteiger partial charge in [0.1, 0.15) is 5.82 Å². The molecule has 122 valence electrons. The second kappa shape index (κ2) is 5.15. The van der Waals surface area contributed by atoms with Crippen molar-refractivity contribution in [3.8, 4) is 0 Å². The lowest BCUT2D eigenvalue weighted by Crippen LogP contribution is -1.96. The third-order valence-electron chi connectivity index (χ3n) is 4.93. The molecular formula is C20H17FO2S. The lowest BCUT2D eigenvalue weighted by Gasteiger charge is -2.05. The van der Waals surface area contributed by atoms with E-state index in [1.165, 1.54) is 18.4 Å². The van der Waals surface area contributed by atoms with Crippen molar-refractivity contribution >= 4 is 15.4 Å². The maximum Gasteiger partial charge on any atom is 0.175 e. The quantitative estimate of drug-likeness (QED) is 0.832. The predicted octanol–water partition coefficient (Wildman–Crippen LogP) is 4.36. The van der Waals surface area contributed by atoms with Gasteiger partial charge in [-0.15, -0.1) is 0 Å². The first kappa shape index (κ1) is 15.3. The highest BCUT2D eigenvalue weighted by Gasteiger charge is 2.52. The molecular weight excluding hydrogens is 323 g/mol. The molecule has 24 heavy (non-hydrogen) atoms. The Morgan fingerprint density at radius 1 is 1.04 bits per heavy atom. The van der Waals surface area contributed by atoms with Gasteiger partial charge in [-0.3, -0.25) is 0 Å². The molecule has 0 radical (unpaired) electrons. The smallest absolute Gasteiger partial charge is 0.175 e. The topological polar surface area (TPSA) is 34.1 Å². The van der Waals surface area contributed by atoms with Crippen LogP contribution in [0.1, 0.15) is 23.5 Å². The Bertz CT molecular complexity index is 954. The summed E-state index contributed by atoms with van der Waals surface area (Å²) in [6.07, 6.45) is 8.79. The molecule has 2 aromatic carbocycles. The lowest BCUT2D eigenvalue weighted by atomic mass is 9.99. The first-order chi connectivity index (χ1) is 11.4. The van der Waals surface area contributed by atoms with Crippen LogP contribution in [-0.4, -0.2) is 14.7 Å². The summed E-state index contributed by atoms with van der Waals surface area (Å²) in [4.78, 5) is 0.333. The van der Waals surface area contributed by atoms with Crippen LogP contribution in [-0.2, 0) is 9.84 Å². The fraction of sp³-hybridized carbons (Fsp3) is 0.200. The summed E-state index contributed by atoms with van der Waals surface area (Å²) in [5.41, 5.74) is 3.31. The van der Waals surface area contributed by atoms with E-state index in [9.17, 15) is 12.8 Å². The minimum Gasteiger partial charge on any atom is -0.224 e. The normalized spacial score (nSPS) is 25.1. The third-order valence-corrected chi connectivity index (χ3v) is 6.06. The van der Waals surface area contributed by atoms with Crippen molar-refractivity contribution in [1.82, 2.24) is 0 Å². The van der Waals surface area contributed by atoms with Gasteiger partial charge in [0.2, 0.25) is 0 Å². The Kier molecular flexibility index (Phi) is 3.29. The standard InChI is InChI=1S/C20H17FO2S/c1-24(22,23)18-8-4-14(5-9-18)16-10-11-20(12-16)13-19(20)15-2-6-17(21)7-3-15/h2-12,19H,13H2,1H3. The van der Waals surface area contributed by atoms with Gasteiger partial charge in [0.05, 0.1) is 4.90 Å². The summed E-state index contributed by atoms with van der Waals surface area (Å²) in [6, 6.07) is 13.7. The van der Waals surface area contributed by atoms with Crippen molar-refractivity contribution in [3.05, 3.63) is 83.7 Å². The maximum absolute atomic E-state index is 13.1. The molecule has 0 bridgehead atoms. The molecule has 1 spiro atoms. The number of rotatable bonds is 3. The number of hydrogen-bond donors (Lipinski definition) is 0. The van der Waals surface area contributed by atoms with Crippen LogP contribution in [0, 0.1) is 11.2 Å². The summed E-state index contributed by atoms with van der Waals surface area (Å²) >= 11 is 0. The van der Waals surface area contributed by atoms with Crippen molar-refractivity contribution in [2.24, 2.45) is 5.41 Å². The van der Waals surface area contributed by atoms with Crippen molar-refractivity contribution in [1.29, 1.82) is 0 Å². The highest BCUT2D eigenvalue weighted by molar-refractivity contribution is 7.90. The third kappa shape index (κ3) is 2.61. The van der Waals surface area contributed by atoms with Crippen LogP contribution in [0.4, 0.5) is 4.39 Å². The van der Waals surface area contributed by atoms with E-state index in [1.807, 2.05) is 24.3 Å². The first-order valence-corrected chi connectivity index (χ1v) is 9.75. The van der Waals surface area contributed by atoms with Crippen molar-refractivity contribution < 1.29 is 12.8 Å².